The predicted octanol–water partition coefficient (Wildman–Crippen LogP) is 5.22. The van der Waals surface area contributed by atoms with Crippen LogP contribution in [0.1, 0.15) is 12.8 Å². The van der Waals surface area contributed by atoms with Crippen molar-refractivity contribution in [1.82, 2.24) is 24.1 Å². The molecule has 0 spiro atoms. The van der Waals surface area contributed by atoms with Crippen molar-refractivity contribution in [3.05, 3.63) is 72.9 Å². The van der Waals surface area contributed by atoms with Gasteiger partial charge in [-0.3, -0.25) is 0 Å². The summed E-state index contributed by atoms with van der Waals surface area (Å²) in [4.78, 5) is 9.44. The van der Waals surface area contributed by atoms with E-state index in [4.69, 9.17) is 24.3 Å². The zero-order valence-corrected chi connectivity index (χ0v) is 22.7. The zero-order chi connectivity index (χ0) is 27.6. The largest absolute Gasteiger partial charge is 0.494 e. The molecule has 1 aliphatic rings. The van der Waals surface area contributed by atoms with Crippen molar-refractivity contribution in [2.45, 2.75) is 25.0 Å². The van der Waals surface area contributed by atoms with Crippen molar-refractivity contribution in [3.8, 4) is 39.7 Å². The first kappa shape index (κ1) is 26.0. The van der Waals surface area contributed by atoms with Gasteiger partial charge in [0.2, 0.25) is 5.82 Å². The molecule has 0 bridgehead atoms. The Labute approximate surface area is 231 Å². The van der Waals surface area contributed by atoms with Gasteiger partial charge < -0.3 is 24.1 Å². The molecule has 0 radical (unpaired) electrons. The standard InChI is InChI=1S/C30H31FN6O3/c1-36-13-12-32-30(36)29-34-28(33-20-16-21(17-20)40-15-14-38-2)27-25(19-8-5-4-6-9-19)23(18-37(27)35-29)22-10-7-11-24(39-3)26(22)31/h4-13,18,20-21H,14-17H2,1-3H3,(H,33,34,35)/t20-,21-. The molecule has 3 aromatic heterocycles. The molecule has 0 amide bonds. The molecular formula is C30H31FN6O3. The van der Waals surface area contributed by atoms with Crippen LogP contribution in [0, 0.1) is 5.82 Å². The van der Waals surface area contributed by atoms with Crippen molar-refractivity contribution in [1.29, 1.82) is 0 Å². The molecule has 0 atom stereocenters. The van der Waals surface area contributed by atoms with Crippen LogP contribution in [0.2, 0.25) is 0 Å². The first-order valence-corrected chi connectivity index (χ1v) is 13.2. The normalized spacial score (nSPS) is 16.7. The molecule has 40 heavy (non-hydrogen) atoms. The third-order valence-electron chi connectivity index (χ3n) is 7.26. The predicted molar refractivity (Wildman–Crippen MR) is 151 cm³/mol. The highest BCUT2D eigenvalue weighted by Crippen LogP contribution is 2.42. The fraction of sp³-hybridized carbons (Fsp3) is 0.300. The van der Waals surface area contributed by atoms with E-state index in [1.807, 2.05) is 54.3 Å². The highest BCUT2D eigenvalue weighted by atomic mass is 19.1. The SMILES string of the molecule is COCCO[C@H]1C[C@H](Nc2nc(-c3nccn3C)nn3cc(-c4cccc(OC)c4F)c(-c4ccccc4)c23)C1. The summed E-state index contributed by atoms with van der Waals surface area (Å²) >= 11 is 0. The molecule has 0 unspecified atom stereocenters. The average molecular weight is 543 g/mol. The van der Waals surface area contributed by atoms with Crippen LogP contribution < -0.4 is 10.1 Å². The number of rotatable bonds is 10. The monoisotopic (exact) mass is 542 g/mol. The molecule has 5 aromatic rings. The van der Waals surface area contributed by atoms with Crippen molar-refractivity contribution in [2.24, 2.45) is 7.05 Å². The minimum absolute atomic E-state index is 0.163. The average Bonchev–Trinajstić information content (AvgIpc) is 3.55. The van der Waals surface area contributed by atoms with Gasteiger partial charge in [0.25, 0.3) is 0 Å². The number of benzene rings is 2. The van der Waals surface area contributed by atoms with Crippen LogP contribution in [0.4, 0.5) is 10.2 Å². The molecule has 0 saturated heterocycles. The summed E-state index contributed by atoms with van der Waals surface area (Å²) in [5.41, 5.74) is 3.61. The van der Waals surface area contributed by atoms with Gasteiger partial charge in [-0.2, -0.15) is 0 Å². The van der Waals surface area contributed by atoms with Crippen molar-refractivity contribution >= 4 is 11.3 Å². The van der Waals surface area contributed by atoms with Gasteiger partial charge in [-0.15, -0.1) is 5.10 Å². The third kappa shape index (κ3) is 4.80. The van der Waals surface area contributed by atoms with Crippen LogP contribution in [0.5, 0.6) is 5.75 Å². The fourth-order valence-corrected chi connectivity index (χ4v) is 5.15. The molecule has 2 aromatic carbocycles. The topological polar surface area (TPSA) is 87.7 Å². The Morgan fingerprint density at radius 2 is 1.85 bits per heavy atom. The van der Waals surface area contributed by atoms with Crippen molar-refractivity contribution < 1.29 is 18.6 Å². The Balaban J connectivity index is 1.51. The molecule has 0 aliphatic heterocycles. The highest BCUT2D eigenvalue weighted by molar-refractivity contribution is 5.99. The summed E-state index contributed by atoms with van der Waals surface area (Å²) in [5, 5.41) is 8.49. The maximum absolute atomic E-state index is 15.7. The summed E-state index contributed by atoms with van der Waals surface area (Å²) in [6.45, 7) is 1.14. The van der Waals surface area contributed by atoms with Crippen LogP contribution in [-0.2, 0) is 16.5 Å². The molecule has 206 valence electrons. The number of nitrogens with one attached hydrogen (secondary N) is 1. The van der Waals surface area contributed by atoms with Gasteiger partial charge in [0.05, 0.1) is 26.4 Å². The molecule has 1 N–H and O–H groups in total. The second-order valence-electron chi connectivity index (χ2n) is 9.84. The Bertz CT molecular complexity index is 1630. The van der Waals surface area contributed by atoms with E-state index in [0.29, 0.717) is 41.8 Å². The Kier molecular flexibility index (Phi) is 7.19. The number of ether oxygens (including phenoxy) is 3. The Morgan fingerprint density at radius 1 is 1.02 bits per heavy atom. The second kappa shape index (κ2) is 11.1. The fourth-order valence-electron chi connectivity index (χ4n) is 5.15. The third-order valence-corrected chi connectivity index (χ3v) is 7.26. The number of methoxy groups -OCH3 is 2. The number of halogens is 1. The molecule has 10 heteroatoms. The summed E-state index contributed by atoms with van der Waals surface area (Å²) in [6.07, 6.45) is 7.28. The molecule has 1 aliphatic carbocycles. The first-order valence-electron chi connectivity index (χ1n) is 13.2. The van der Waals surface area contributed by atoms with Crippen LogP contribution in [0.25, 0.3) is 39.4 Å². The number of hydrogen-bond donors (Lipinski definition) is 1. The summed E-state index contributed by atoms with van der Waals surface area (Å²) in [7, 11) is 5.04. The second-order valence-corrected chi connectivity index (χ2v) is 9.84. The van der Waals surface area contributed by atoms with E-state index >= 15 is 4.39 Å². The Hall–Kier alpha value is -4.28. The molecule has 9 nitrogen and oxygen atoms in total. The van der Waals surface area contributed by atoms with Gasteiger partial charge in [0.15, 0.2) is 23.2 Å². The number of aryl methyl sites for hydroxylation is 1. The van der Waals surface area contributed by atoms with Crippen LogP contribution in [-0.4, -0.2) is 63.7 Å². The molecule has 1 saturated carbocycles. The lowest BCUT2D eigenvalue weighted by atomic mass is 9.89. The molecule has 1 fully saturated rings. The van der Waals surface area contributed by atoms with E-state index in [2.05, 4.69) is 10.3 Å². The minimum Gasteiger partial charge on any atom is -0.494 e. The number of hydrogen-bond acceptors (Lipinski definition) is 7. The first-order chi connectivity index (χ1) is 19.6. The molecular weight excluding hydrogens is 511 g/mol. The van der Waals surface area contributed by atoms with Crippen molar-refractivity contribution in [2.75, 3.05) is 32.8 Å². The number of nitrogens with zero attached hydrogens (tertiary/aromatic N) is 5. The van der Waals surface area contributed by atoms with Gasteiger partial charge in [-0.05, 0) is 24.5 Å². The van der Waals surface area contributed by atoms with E-state index in [0.717, 1.165) is 29.5 Å². The smallest absolute Gasteiger partial charge is 0.218 e. The van der Waals surface area contributed by atoms with Crippen LogP contribution >= 0.6 is 0 Å². The summed E-state index contributed by atoms with van der Waals surface area (Å²) in [5.74, 6) is 1.49. The van der Waals surface area contributed by atoms with Gasteiger partial charge in [-0.1, -0.05) is 42.5 Å². The van der Waals surface area contributed by atoms with E-state index in [-0.39, 0.29) is 17.9 Å². The zero-order valence-electron chi connectivity index (χ0n) is 22.7. The molecule has 6 rings (SSSR count). The van der Waals surface area contributed by atoms with E-state index in [1.165, 1.54) is 7.11 Å². The van der Waals surface area contributed by atoms with Gasteiger partial charge >= 0.3 is 0 Å². The lowest BCUT2D eigenvalue weighted by molar-refractivity contribution is -0.0261. The van der Waals surface area contributed by atoms with Gasteiger partial charge in [-0.25, -0.2) is 18.9 Å². The lowest BCUT2D eigenvalue weighted by Crippen LogP contribution is -2.41. The van der Waals surface area contributed by atoms with Crippen LogP contribution in [0.15, 0.2) is 67.1 Å². The van der Waals surface area contributed by atoms with Crippen LogP contribution in [0.3, 0.4) is 0 Å². The van der Waals surface area contributed by atoms with E-state index < -0.39 is 5.82 Å². The highest BCUT2D eigenvalue weighted by Gasteiger charge is 2.32. The number of aromatic nitrogens is 5. The number of anilines is 1. The Morgan fingerprint density at radius 3 is 2.58 bits per heavy atom. The number of fused-ring (bicyclic) bond motifs is 1. The summed E-state index contributed by atoms with van der Waals surface area (Å²) in [6, 6.07) is 15.2. The van der Waals surface area contributed by atoms with E-state index in [1.54, 1.807) is 36.0 Å². The lowest BCUT2D eigenvalue weighted by Gasteiger charge is -2.36. The quantitative estimate of drug-likeness (QED) is 0.242. The summed E-state index contributed by atoms with van der Waals surface area (Å²) < 4.78 is 35.6. The maximum atomic E-state index is 15.7. The molecule has 3 heterocycles. The minimum atomic E-state index is -0.431. The number of imidazole rings is 1. The van der Waals surface area contributed by atoms with Gasteiger partial charge in [0, 0.05) is 55.5 Å². The van der Waals surface area contributed by atoms with Gasteiger partial charge in [0.1, 0.15) is 5.52 Å². The van der Waals surface area contributed by atoms with Crippen molar-refractivity contribution in [3.63, 3.8) is 0 Å². The maximum Gasteiger partial charge on any atom is 0.218 e. The van der Waals surface area contributed by atoms with E-state index in [9.17, 15) is 0 Å².